The number of H-pyrrole nitrogens is 1. The van der Waals surface area contributed by atoms with Crippen LogP contribution in [0.3, 0.4) is 0 Å². The van der Waals surface area contributed by atoms with Crippen LogP contribution in [0.25, 0.3) is 0 Å². The van der Waals surface area contributed by atoms with E-state index in [1.54, 1.807) is 0 Å². The third-order valence-electron chi connectivity index (χ3n) is 1.70. The summed E-state index contributed by atoms with van der Waals surface area (Å²) in [6.07, 6.45) is 3.77. The fraction of sp³-hybridized carbons (Fsp3) is 0.444. The lowest BCUT2D eigenvalue weighted by molar-refractivity contribution is -0.119. The Morgan fingerprint density at radius 2 is 2.40 bits per heavy atom. The predicted molar refractivity (Wildman–Crippen MR) is 56.6 cm³/mol. The highest BCUT2D eigenvalue weighted by atomic mass is 16.2. The Labute approximate surface area is 87.1 Å². The summed E-state index contributed by atoms with van der Waals surface area (Å²) in [7, 11) is 0. The second-order valence-electron chi connectivity index (χ2n) is 2.97. The van der Waals surface area contributed by atoms with Crippen LogP contribution in [0, 0.1) is 0 Å². The van der Waals surface area contributed by atoms with Gasteiger partial charge in [-0.05, 0) is 6.42 Å². The zero-order valence-corrected chi connectivity index (χ0v) is 8.54. The molecule has 1 heterocycles. The standard InChI is InChI=1S/C9H14N4O2/c1-2-3-10-7(14)6-13-8-9(15)12-5-4-11-8/h4-5H,2-3,6H2,1H3,(H,10,14)(H,11,13)(H,12,15). The first-order chi connectivity index (χ1) is 7.24. The van der Waals surface area contributed by atoms with E-state index >= 15 is 0 Å². The van der Waals surface area contributed by atoms with E-state index in [0.717, 1.165) is 6.42 Å². The average molecular weight is 210 g/mol. The van der Waals surface area contributed by atoms with Crippen molar-refractivity contribution in [1.29, 1.82) is 0 Å². The van der Waals surface area contributed by atoms with Crippen molar-refractivity contribution >= 4 is 11.7 Å². The van der Waals surface area contributed by atoms with Gasteiger partial charge in [-0.15, -0.1) is 0 Å². The maximum atomic E-state index is 11.2. The minimum atomic E-state index is -0.333. The molecule has 0 fully saturated rings. The Hall–Kier alpha value is -1.85. The number of aromatic amines is 1. The zero-order valence-electron chi connectivity index (χ0n) is 8.54. The second kappa shape index (κ2) is 5.79. The highest BCUT2D eigenvalue weighted by Gasteiger charge is 2.02. The first-order valence-electron chi connectivity index (χ1n) is 4.78. The number of carbonyl (C=O) groups excluding carboxylic acids is 1. The Morgan fingerprint density at radius 3 is 3.07 bits per heavy atom. The molecule has 0 spiro atoms. The summed E-state index contributed by atoms with van der Waals surface area (Å²) in [5.41, 5.74) is -0.333. The van der Waals surface area contributed by atoms with Gasteiger partial charge in [0.1, 0.15) is 0 Å². The summed E-state index contributed by atoms with van der Waals surface area (Å²) in [4.78, 5) is 28.6. The molecule has 1 aromatic heterocycles. The highest BCUT2D eigenvalue weighted by molar-refractivity contribution is 5.80. The molecule has 0 saturated heterocycles. The van der Waals surface area contributed by atoms with Gasteiger partial charge in [-0.25, -0.2) is 4.98 Å². The summed E-state index contributed by atoms with van der Waals surface area (Å²) in [6.45, 7) is 2.66. The molecule has 0 radical (unpaired) electrons. The summed E-state index contributed by atoms with van der Waals surface area (Å²) < 4.78 is 0. The van der Waals surface area contributed by atoms with E-state index in [-0.39, 0.29) is 23.8 Å². The molecular weight excluding hydrogens is 196 g/mol. The molecule has 3 N–H and O–H groups in total. The maximum absolute atomic E-state index is 11.2. The molecule has 15 heavy (non-hydrogen) atoms. The fourth-order valence-electron chi connectivity index (χ4n) is 0.969. The van der Waals surface area contributed by atoms with Crippen LogP contribution < -0.4 is 16.2 Å². The molecule has 6 heteroatoms. The topological polar surface area (TPSA) is 86.9 Å². The van der Waals surface area contributed by atoms with Gasteiger partial charge in [-0.2, -0.15) is 0 Å². The van der Waals surface area contributed by atoms with E-state index in [2.05, 4.69) is 20.6 Å². The molecule has 0 aliphatic rings. The van der Waals surface area contributed by atoms with Gasteiger partial charge in [0.05, 0.1) is 6.54 Å². The SMILES string of the molecule is CCCNC(=O)CNc1ncc[nH]c1=O. The van der Waals surface area contributed by atoms with Crippen molar-refractivity contribution in [3.63, 3.8) is 0 Å². The van der Waals surface area contributed by atoms with Crippen LogP contribution in [0.15, 0.2) is 17.2 Å². The van der Waals surface area contributed by atoms with E-state index in [1.165, 1.54) is 12.4 Å². The molecule has 0 aromatic carbocycles. The van der Waals surface area contributed by atoms with Crippen molar-refractivity contribution < 1.29 is 4.79 Å². The smallest absolute Gasteiger partial charge is 0.290 e. The summed E-state index contributed by atoms with van der Waals surface area (Å²) in [5, 5.41) is 5.34. The second-order valence-corrected chi connectivity index (χ2v) is 2.97. The molecule has 0 unspecified atom stereocenters. The number of anilines is 1. The van der Waals surface area contributed by atoms with Crippen LogP contribution in [0.2, 0.25) is 0 Å². The van der Waals surface area contributed by atoms with Gasteiger partial charge in [-0.3, -0.25) is 9.59 Å². The van der Waals surface area contributed by atoms with Crippen LogP contribution in [0.4, 0.5) is 5.82 Å². The minimum Gasteiger partial charge on any atom is -0.356 e. The molecule has 0 bridgehead atoms. The monoisotopic (exact) mass is 210 g/mol. The van der Waals surface area contributed by atoms with Gasteiger partial charge >= 0.3 is 0 Å². The normalized spacial score (nSPS) is 9.67. The number of nitrogens with one attached hydrogen (secondary N) is 3. The number of hydrogen-bond donors (Lipinski definition) is 3. The quantitative estimate of drug-likeness (QED) is 0.623. The number of rotatable bonds is 5. The summed E-state index contributed by atoms with van der Waals surface area (Å²) >= 11 is 0. The molecule has 1 aromatic rings. The van der Waals surface area contributed by atoms with Gasteiger partial charge in [0.25, 0.3) is 5.56 Å². The minimum absolute atomic E-state index is 0.0556. The number of hydrogen-bond acceptors (Lipinski definition) is 4. The van der Waals surface area contributed by atoms with Crippen molar-refractivity contribution in [1.82, 2.24) is 15.3 Å². The van der Waals surface area contributed by atoms with Crippen LogP contribution in [0.1, 0.15) is 13.3 Å². The molecular formula is C9H14N4O2. The summed E-state index contributed by atoms with van der Waals surface area (Å²) in [6, 6.07) is 0. The maximum Gasteiger partial charge on any atom is 0.290 e. The Morgan fingerprint density at radius 1 is 1.60 bits per heavy atom. The fourth-order valence-corrected chi connectivity index (χ4v) is 0.969. The molecule has 0 saturated carbocycles. The van der Waals surface area contributed by atoms with Crippen LogP contribution >= 0.6 is 0 Å². The van der Waals surface area contributed by atoms with Gasteiger partial charge in [-0.1, -0.05) is 6.92 Å². The molecule has 1 rings (SSSR count). The van der Waals surface area contributed by atoms with Crippen molar-refractivity contribution in [3.05, 3.63) is 22.7 Å². The summed E-state index contributed by atoms with van der Waals surface area (Å²) in [5.74, 6) is 0.00560. The van der Waals surface area contributed by atoms with Crippen LogP contribution in [-0.4, -0.2) is 29.0 Å². The number of nitrogens with zero attached hydrogens (tertiary/aromatic N) is 1. The van der Waals surface area contributed by atoms with Crippen molar-refractivity contribution in [3.8, 4) is 0 Å². The van der Waals surface area contributed by atoms with Gasteiger partial charge in [0.15, 0.2) is 5.82 Å². The average Bonchev–Trinajstić information content (AvgIpc) is 2.25. The Kier molecular flexibility index (Phi) is 4.33. The van der Waals surface area contributed by atoms with Crippen LogP contribution in [0.5, 0.6) is 0 Å². The first kappa shape index (κ1) is 11.2. The van der Waals surface area contributed by atoms with Crippen molar-refractivity contribution in [2.24, 2.45) is 0 Å². The Balaban J connectivity index is 2.40. The molecule has 0 atom stereocenters. The van der Waals surface area contributed by atoms with Crippen molar-refractivity contribution in [2.75, 3.05) is 18.4 Å². The van der Waals surface area contributed by atoms with Gasteiger partial charge in [0.2, 0.25) is 5.91 Å². The van der Waals surface area contributed by atoms with E-state index in [4.69, 9.17) is 0 Å². The lowest BCUT2D eigenvalue weighted by Crippen LogP contribution is -2.31. The van der Waals surface area contributed by atoms with Gasteiger partial charge < -0.3 is 15.6 Å². The zero-order chi connectivity index (χ0) is 11.1. The third-order valence-corrected chi connectivity index (χ3v) is 1.70. The molecule has 6 nitrogen and oxygen atoms in total. The largest absolute Gasteiger partial charge is 0.356 e. The first-order valence-corrected chi connectivity index (χ1v) is 4.78. The van der Waals surface area contributed by atoms with E-state index < -0.39 is 0 Å². The van der Waals surface area contributed by atoms with Gasteiger partial charge in [0, 0.05) is 18.9 Å². The molecule has 82 valence electrons. The molecule has 0 aliphatic carbocycles. The molecule has 0 aliphatic heterocycles. The third kappa shape index (κ3) is 3.80. The lowest BCUT2D eigenvalue weighted by atomic mass is 10.4. The van der Waals surface area contributed by atoms with E-state index in [1.807, 2.05) is 6.92 Å². The van der Waals surface area contributed by atoms with E-state index in [9.17, 15) is 9.59 Å². The Bertz CT molecular complexity index is 374. The van der Waals surface area contributed by atoms with E-state index in [0.29, 0.717) is 6.54 Å². The number of amides is 1. The van der Waals surface area contributed by atoms with Crippen LogP contribution in [-0.2, 0) is 4.79 Å². The highest BCUT2D eigenvalue weighted by Crippen LogP contribution is 1.87. The number of aromatic nitrogens is 2. The lowest BCUT2D eigenvalue weighted by Gasteiger charge is -2.04. The number of carbonyl (C=O) groups is 1. The van der Waals surface area contributed by atoms with Crippen molar-refractivity contribution in [2.45, 2.75) is 13.3 Å². The molecule has 1 amide bonds. The predicted octanol–water partition coefficient (Wildman–Crippen LogP) is -0.292.